The van der Waals surface area contributed by atoms with Crippen LogP contribution < -0.4 is 5.32 Å². The van der Waals surface area contributed by atoms with Crippen molar-refractivity contribution < 1.29 is 0 Å². The number of piperazine rings is 1. The van der Waals surface area contributed by atoms with Crippen LogP contribution in [0.2, 0.25) is 0 Å². The normalized spacial score (nSPS) is 20.4. The topological polar surface area (TPSA) is 33.1 Å². The Hall–Kier alpha value is -1.17. The molecule has 1 unspecified atom stereocenters. The maximum absolute atomic E-state index is 4.54. The molecule has 2 aromatic heterocycles. The van der Waals surface area contributed by atoms with Gasteiger partial charge in [0.15, 0.2) is 0 Å². The quantitative estimate of drug-likeness (QED) is 0.941. The van der Waals surface area contributed by atoms with Gasteiger partial charge in [0.25, 0.3) is 0 Å². The van der Waals surface area contributed by atoms with Gasteiger partial charge in [-0.05, 0) is 25.5 Å². The van der Waals surface area contributed by atoms with E-state index in [1.54, 1.807) is 0 Å². The van der Waals surface area contributed by atoms with E-state index in [-0.39, 0.29) is 0 Å². The van der Waals surface area contributed by atoms with Crippen molar-refractivity contribution in [3.05, 3.63) is 39.6 Å². The number of imidazole rings is 1. The number of thiophene rings is 1. The molecule has 1 atom stereocenters. The number of hydrogen-bond acceptors (Lipinski definition) is 4. The van der Waals surface area contributed by atoms with Crippen LogP contribution in [0, 0.1) is 13.8 Å². The first-order chi connectivity index (χ1) is 9.65. The second-order valence-electron chi connectivity index (χ2n) is 5.53. The van der Waals surface area contributed by atoms with Crippen LogP contribution in [0.25, 0.3) is 0 Å². The number of nitrogens with zero attached hydrogens (tertiary/aromatic N) is 3. The van der Waals surface area contributed by atoms with E-state index < -0.39 is 0 Å². The fourth-order valence-corrected chi connectivity index (χ4v) is 3.89. The third-order valence-corrected chi connectivity index (χ3v) is 5.04. The first-order valence-electron chi connectivity index (χ1n) is 7.13. The van der Waals surface area contributed by atoms with Gasteiger partial charge in [-0.1, -0.05) is 0 Å². The number of aromatic nitrogens is 2. The standard InChI is InChI=1S/C15H22N4S/c1-11-8-13(12(2)20-11)10-19-7-4-16-9-14(19)15-17-5-6-18(15)3/h5-6,8,14,16H,4,7,9-10H2,1-3H3. The van der Waals surface area contributed by atoms with Gasteiger partial charge in [-0.3, -0.25) is 4.90 Å². The first-order valence-corrected chi connectivity index (χ1v) is 7.94. The summed E-state index contributed by atoms with van der Waals surface area (Å²) >= 11 is 1.90. The van der Waals surface area contributed by atoms with Crippen molar-refractivity contribution in [2.45, 2.75) is 26.4 Å². The van der Waals surface area contributed by atoms with Gasteiger partial charge in [0.2, 0.25) is 0 Å². The Bertz CT molecular complexity index is 586. The average molecular weight is 290 g/mol. The van der Waals surface area contributed by atoms with E-state index >= 15 is 0 Å². The number of hydrogen-bond donors (Lipinski definition) is 1. The van der Waals surface area contributed by atoms with Crippen LogP contribution in [0.1, 0.15) is 27.2 Å². The van der Waals surface area contributed by atoms with Crippen molar-refractivity contribution >= 4 is 11.3 Å². The van der Waals surface area contributed by atoms with E-state index in [4.69, 9.17) is 0 Å². The summed E-state index contributed by atoms with van der Waals surface area (Å²) in [5, 5.41) is 3.49. The molecule has 0 spiro atoms. The van der Waals surface area contributed by atoms with Crippen LogP contribution in [0.5, 0.6) is 0 Å². The lowest BCUT2D eigenvalue weighted by Gasteiger charge is -2.35. The SMILES string of the molecule is Cc1cc(CN2CCNCC2c2nccn2C)c(C)s1. The van der Waals surface area contributed by atoms with Gasteiger partial charge in [-0.15, -0.1) is 11.3 Å². The fourth-order valence-electron chi connectivity index (χ4n) is 2.95. The second-order valence-corrected chi connectivity index (χ2v) is 6.99. The molecule has 1 saturated heterocycles. The molecule has 4 nitrogen and oxygen atoms in total. The molecular weight excluding hydrogens is 268 g/mol. The molecule has 0 aliphatic carbocycles. The lowest BCUT2D eigenvalue weighted by atomic mass is 10.1. The minimum Gasteiger partial charge on any atom is -0.337 e. The molecule has 0 saturated carbocycles. The Balaban J connectivity index is 1.82. The minimum atomic E-state index is 0.364. The molecule has 0 aromatic carbocycles. The summed E-state index contributed by atoms with van der Waals surface area (Å²) in [6.07, 6.45) is 3.92. The van der Waals surface area contributed by atoms with E-state index in [2.05, 4.69) is 46.7 Å². The summed E-state index contributed by atoms with van der Waals surface area (Å²) in [6, 6.07) is 2.70. The summed E-state index contributed by atoms with van der Waals surface area (Å²) in [5.41, 5.74) is 1.47. The van der Waals surface area contributed by atoms with E-state index in [1.807, 2.05) is 23.7 Å². The highest BCUT2D eigenvalue weighted by molar-refractivity contribution is 7.12. The van der Waals surface area contributed by atoms with Crippen molar-refractivity contribution in [2.24, 2.45) is 7.05 Å². The van der Waals surface area contributed by atoms with Gasteiger partial charge >= 0.3 is 0 Å². The van der Waals surface area contributed by atoms with Crippen LogP contribution in [-0.4, -0.2) is 34.1 Å². The van der Waals surface area contributed by atoms with Gasteiger partial charge in [0.1, 0.15) is 5.82 Å². The van der Waals surface area contributed by atoms with Crippen molar-refractivity contribution in [3.8, 4) is 0 Å². The van der Waals surface area contributed by atoms with Gasteiger partial charge in [0, 0.05) is 55.4 Å². The lowest BCUT2D eigenvalue weighted by molar-refractivity contribution is 0.144. The molecule has 108 valence electrons. The lowest BCUT2D eigenvalue weighted by Crippen LogP contribution is -2.46. The minimum absolute atomic E-state index is 0.364. The zero-order valence-corrected chi connectivity index (χ0v) is 13.2. The summed E-state index contributed by atoms with van der Waals surface area (Å²) in [5.74, 6) is 1.15. The molecule has 3 heterocycles. The van der Waals surface area contributed by atoms with Crippen LogP contribution in [-0.2, 0) is 13.6 Å². The summed E-state index contributed by atoms with van der Waals surface area (Å²) in [4.78, 5) is 9.94. The monoisotopic (exact) mass is 290 g/mol. The van der Waals surface area contributed by atoms with E-state index in [0.717, 1.165) is 32.0 Å². The van der Waals surface area contributed by atoms with Crippen molar-refractivity contribution in [2.75, 3.05) is 19.6 Å². The molecule has 20 heavy (non-hydrogen) atoms. The molecule has 5 heteroatoms. The largest absolute Gasteiger partial charge is 0.337 e. The first kappa shape index (κ1) is 13.8. The molecule has 1 aliphatic heterocycles. The average Bonchev–Trinajstić information content (AvgIpc) is 2.97. The second kappa shape index (κ2) is 5.68. The van der Waals surface area contributed by atoms with E-state index in [0.29, 0.717) is 6.04 Å². The Kier molecular flexibility index (Phi) is 3.92. The highest BCUT2D eigenvalue weighted by Crippen LogP contribution is 2.27. The molecule has 3 rings (SSSR count). The molecule has 0 amide bonds. The van der Waals surface area contributed by atoms with Crippen molar-refractivity contribution in [1.29, 1.82) is 0 Å². The van der Waals surface area contributed by atoms with Crippen LogP contribution in [0.4, 0.5) is 0 Å². The number of nitrogens with one attached hydrogen (secondary N) is 1. The summed E-state index contributed by atoms with van der Waals surface area (Å²) in [6.45, 7) is 8.55. The Morgan fingerprint density at radius 3 is 2.95 bits per heavy atom. The zero-order chi connectivity index (χ0) is 14.1. The van der Waals surface area contributed by atoms with Gasteiger partial charge in [0.05, 0.1) is 6.04 Å². The predicted molar refractivity (Wildman–Crippen MR) is 83.0 cm³/mol. The zero-order valence-electron chi connectivity index (χ0n) is 12.4. The van der Waals surface area contributed by atoms with Crippen LogP contribution >= 0.6 is 11.3 Å². The maximum Gasteiger partial charge on any atom is 0.127 e. The molecular formula is C15H22N4S. The molecule has 1 fully saturated rings. The molecule has 0 radical (unpaired) electrons. The summed E-state index contributed by atoms with van der Waals surface area (Å²) in [7, 11) is 2.08. The Labute approximate surface area is 124 Å². The van der Waals surface area contributed by atoms with Crippen LogP contribution in [0.15, 0.2) is 18.5 Å². The van der Waals surface area contributed by atoms with Gasteiger partial charge < -0.3 is 9.88 Å². The molecule has 1 aliphatic rings. The maximum atomic E-state index is 4.54. The highest BCUT2D eigenvalue weighted by Gasteiger charge is 2.27. The van der Waals surface area contributed by atoms with E-state index in [1.165, 1.54) is 15.3 Å². The summed E-state index contributed by atoms with van der Waals surface area (Å²) < 4.78 is 2.14. The van der Waals surface area contributed by atoms with E-state index in [9.17, 15) is 0 Å². The number of aryl methyl sites for hydroxylation is 3. The number of rotatable bonds is 3. The smallest absolute Gasteiger partial charge is 0.127 e. The van der Waals surface area contributed by atoms with Gasteiger partial charge in [-0.25, -0.2) is 4.98 Å². The van der Waals surface area contributed by atoms with Crippen molar-refractivity contribution in [1.82, 2.24) is 19.8 Å². The predicted octanol–water partition coefficient (Wildman–Crippen LogP) is 2.24. The molecule has 2 aromatic rings. The highest BCUT2D eigenvalue weighted by atomic mass is 32.1. The third kappa shape index (κ3) is 2.66. The van der Waals surface area contributed by atoms with Gasteiger partial charge in [-0.2, -0.15) is 0 Å². The van der Waals surface area contributed by atoms with Crippen molar-refractivity contribution in [3.63, 3.8) is 0 Å². The Morgan fingerprint density at radius 1 is 1.45 bits per heavy atom. The molecule has 0 bridgehead atoms. The fraction of sp³-hybridized carbons (Fsp3) is 0.533. The van der Waals surface area contributed by atoms with Crippen LogP contribution in [0.3, 0.4) is 0 Å². The third-order valence-electron chi connectivity index (χ3n) is 4.03. The molecule has 1 N–H and O–H groups in total. The Morgan fingerprint density at radius 2 is 2.30 bits per heavy atom.